The fourth-order valence-corrected chi connectivity index (χ4v) is 2.72. The van der Waals surface area contributed by atoms with Gasteiger partial charge in [0.05, 0.1) is 0 Å². The smallest absolute Gasteiger partial charge is 0.0223 e. The lowest BCUT2D eigenvalue weighted by Gasteiger charge is -2.43. The Hall–Kier alpha value is -0.0800. The van der Waals surface area contributed by atoms with E-state index in [1.165, 1.54) is 38.9 Å². The van der Waals surface area contributed by atoms with Crippen LogP contribution in [0.1, 0.15) is 33.1 Å². The van der Waals surface area contributed by atoms with E-state index in [0.29, 0.717) is 0 Å². The molecule has 0 saturated carbocycles. The molecule has 2 heteroatoms. The molecule has 2 fully saturated rings. The van der Waals surface area contributed by atoms with Crippen LogP contribution in [0.15, 0.2) is 0 Å². The van der Waals surface area contributed by atoms with Crippen LogP contribution in [0.5, 0.6) is 0 Å². The first-order chi connectivity index (χ1) is 6.27. The summed E-state index contributed by atoms with van der Waals surface area (Å²) in [6.45, 7) is 8.46. The fourth-order valence-electron chi connectivity index (χ4n) is 2.72. The first-order valence-corrected chi connectivity index (χ1v) is 5.75. The highest BCUT2D eigenvalue weighted by molar-refractivity contribution is 4.89. The molecule has 0 aromatic rings. The Morgan fingerprint density at radius 3 is 2.92 bits per heavy atom. The van der Waals surface area contributed by atoms with E-state index in [-0.39, 0.29) is 0 Å². The van der Waals surface area contributed by atoms with Crippen molar-refractivity contribution in [1.29, 1.82) is 0 Å². The Bertz CT molecular complexity index is 167. The molecule has 0 aromatic carbocycles. The van der Waals surface area contributed by atoms with Crippen molar-refractivity contribution in [3.05, 3.63) is 0 Å². The maximum atomic E-state index is 3.66. The normalized spacial score (nSPS) is 36.2. The molecule has 2 atom stereocenters. The van der Waals surface area contributed by atoms with E-state index in [2.05, 4.69) is 24.1 Å². The number of nitrogens with one attached hydrogen (secondary N) is 1. The SMILES string of the molecule is CC(C)N1CC[C@@H]2CCCN[C@@H]2C1. The van der Waals surface area contributed by atoms with Crippen molar-refractivity contribution in [2.24, 2.45) is 5.92 Å². The van der Waals surface area contributed by atoms with Crippen LogP contribution in [0.4, 0.5) is 0 Å². The number of rotatable bonds is 1. The van der Waals surface area contributed by atoms with Gasteiger partial charge in [0.15, 0.2) is 0 Å². The highest BCUT2D eigenvalue weighted by Gasteiger charge is 2.31. The van der Waals surface area contributed by atoms with E-state index < -0.39 is 0 Å². The van der Waals surface area contributed by atoms with Crippen molar-refractivity contribution in [3.8, 4) is 0 Å². The molecular weight excluding hydrogens is 160 g/mol. The van der Waals surface area contributed by atoms with Crippen molar-refractivity contribution >= 4 is 0 Å². The molecule has 2 saturated heterocycles. The maximum Gasteiger partial charge on any atom is 0.0223 e. The minimum Gasteiger partial charge on any atom is -0.312 e. The second kappa shape index (κ2) is 3.97. The molecular formula is C11H22N2. The van der Waals surface area contributed by atoms with Crippen LogP contribution in [0.3, 0.4) is 0 Å². The molecule has 0 bridgehead atoms. The Balaban J connectivity index is 1.91. The number of likely N-dealkylation sites (tertiary alicyclic amines) is 1. The van der Waals surface area contributed by atoms with Crippen molar-refractivity contribution in [2.75, 3.05) is 19.6 Å². The summed E-state index contributed by atoms with van der Waals surface area (Å²) < 4.78 is 0. The summed E-state index contributed by atoms with van der Waals surface area (Å²) in [5, 5.41) is 3.66. The van der Waals surface area contributed by atoms with E-state index in [1.807, 2.05) is 0 Å². The van der Waals surface area contributed by atoms with Gasteiger partial charge in [0.2, 0.25) is 0 Å². The highest BCUT2D eigenvalue weighted by Crippen LogP contribution is 2.26. The molecule has 13 heavy (non-hydrogen) atoms. The van der Waals surface area contributed by atoms with Crippen molar-refractivity contribution in [2.45, 2.75) is 45.2 Å². The quantitative estimate of drug-likeness (QED) is 0.660. The molecule has 1 N–H and O–H groups in total. The van der Waals surface area contributed by atoms with Gasteiger partial charge in [-0.05, 0) is 52.1 Å². The fraction of sp³-hybridized carbons (Fsp3) is 1.00. The number of nitrogens with zero attached hydrogens (tertiary/aromatic N) is 1. The molecule has 2 aliphatic heterocycles. The summed E-state index contributed by atoms with van der Waals surface area (Å²) in [7, 11) is 0. The zero-order valence-electron chi connectivity index (χ0n) is 8.92. The predicted octanol–water partition coefficient (Wildman–Crippen LogP) is 1.47. The molecule has 2 aliphatic rings. The summed E-state index contributed by atoms with van der Waals surface area (Å²) in [4.78, 5) is 2.61. The van der Waals surface area contributed by atoms with Crippen LogP contribution in [-0.4, -0.2) is 36.6 Å². The largest absolute Gasteiger partial charge is 0.312 e. The predicted molar refractivity (Wildman–Crippen MR) is 55.8 cm³/mol. The maximum absolute atomic E-state index is 3.66. The Morgan fingerprint density at radius 2 is 2.15 bits per heavy atom. The first kappa shape index (κ1) is 9.47. The van der Waals surface area contributed by atoms with Crippen molar-refractivity contribution in [3.63, 3.8) is 0 Å². The van der Waals surface area contributed by atoms with Gasteiger partial charge >= 0.3 is 0 Å². The van der Waals surface area contributed by atoms with Gasteiger partial charge < -0.3 is 5.32 Å². The Kier molecular flexibility index (Phi) is 2.89. The average Bonchev–Trinajstić information content (AvgIpc) is 2.17. The van der Waals surface area contributed by atoms with Gasteiger partial charge in [0.1, 0.15) is 0 Å². The van der Waals surface area contributed by atoms with Crippen LogP contribution < -0.4 is 5.32 Å². The van der Waals surface area contributed by atoms with Gasteiger partial charge in [-0.25, -0.2) is 0 Å². The molecule has 2 heterocycles. The van der Waals surface area contributed by atoms with Crippen LogP contribution in [0.25, 0.3) is 0 Å². The van der Waals surface area contributed by atoms with E-state index in [0.717, 1.165) is 18.0 Å². The third-order valence-electron chi connectivity index (χ3n) is 3.68. The van der Waals surface area contributed by atoms with Crippen LogP contribution >= 0.6 is 0 Å². The van der Waals surface area contributed by atoms with Gasteiger partial charge in [-0.1, -0.05) is 0 Å². The van der Waals surface area contributed by atoms with E-state index in [4.69, 9.17) is 0 Å². The first-order valence-electron chi connectivity index (χ1n) is 5.75. The van der Waals surface area contributed by atoms with E-state index in [1.54, 1.807) is 0 Å². The Morgan fingerprint density at radius 1 is 1.31 bits per heavy atom. The molecule has 0 unspecified atom stereocenters. The molecule has 2 nitrogen and oxygen atoms in total. The molecule has 0 aromatic heterocycles. The zero-order valence-corrected chi connectivity index (χ0v) is 8.92. The second-order valence-electron chi connectivity index (χ2n) is 4.84. The minimum absolute atomic E-state index is 0.727. The summed E-state index contributed by atoms with van der Waals surface area (Å²) in [5.74, 6) is 0.976. The minimum atomic E-state index is 0.727. The standard InChI is InChI=1S/C11H22N2/c1-9(2)13-7-5-10-4-3-6-12-11(10)8-13/h9-12H,3-8H2,1-2H3/t10-,11+/m0/s1. The summed E-state index contributed by atoms with van der Waals surface area (Å²) in [6.07, 6.45) is 4.27. The van der Waals surface area contributed by atoms with E-state index in [9.17, 15) is 0 Å². The lowest BCUT2D eigenvalue weighted by molar-refractivity contribution is 0.0942. The summed E-state index contributed by atoms with van der Waals surface area (Å²) >= 11 is 0. The zero-order chi connectivity index (χ0) is 9.26. The number of hydrogen-bond donors (Lipinski definition) is 1. The third-order valence-corrected chi connectivity index (χ3v) is 3.68. The van der Waals surface area contributed by atoms with Crippen LogP contribution in [-0.2, 0) is 0 Å². The van der Waals surface area contributed by atoms with Gasteiger partial charge in [-0.2, -0.15) is 0 Å². The van der Waals surface area contributed by atoms with Gasteiger partial charge in [0.25, 0.3) is 0 Å². The van der Waals surface area contributed by atoms with Crippen molar-refractivity contribution in [1.82, 2.24) is 10.2 Å². The number of hydrogen-bond acceptors (Lipinski definition) is 2. The van der Waals surface area contributed by atoms with E-state index >= 15 is 0 Å². The summed E-state index contributed by atoms with van der Waals surface area (Å²) in [6, 6.07) is 1.52. The third kappa shape index (κ3) is 2.05. The van der Waals surface area contributed by atoms with Crippen molar-refractivity contribution < 1.29 is 0 Å². The second-order valence-corrected chi connectivity index (χ2v) is 4.84. The van der Waals surface area contributed by atoms with Crippen LogP contribution in [0.2, 0.25) is 0 Å². The van der Waals surface area contributed by atoms with Gasteiger partial charge in [-0.3, -0.25) is 4.90 Å². The van der Waals surface area contributed by atoms with Crippen LogP contribution in [0, 0.1) is 5.92 Å². The number of piperidine rings is 2. The molecule has 0 aliphatic carbocycles. The lowest BCUT2D eigenvalue weighted by Crippen LogP contribution is -2.54. The molecule has 0 amide bonds. The molecule has 0 radical (unpaired) electrons. The average molecular weight is 182 g/mol. The molecule has 76 valence electrons. The summed E-state index contributed by atoms with van der Waals surface area (Å²) in [5.41, 5.74) is 0. The Labute approximate surface area is 81.7 Å². The highest BCUT2D eigenvalue weighted by atomic mass is 15.2. The van der Waals surface area contributed by atoms with Gasteiger partial charge in [-0.15, -0.1) is 0 Å². The number of fused-ring (bicyclic) bond motifs is 1. The lowest BCUT2D eigenvalue weighted by atomic mass is 9.84. The molecule has 2 rings (SSSR count). The molecule has 0 spiro atoms. The topological polar surface area (TPSA) is 15.3 Å². The van der Waals surface area contributed by atoms with Gasteiger partial charge in [0, 0.05) is 18.6 Å². The monoisotopic (exact) mass is 182 g/mol.